The summed E-state index contributed by atoms with van der Waals surface area (Å²) in [5.74, 6) is -0.423. The van der Waals surface area contributed by atoms with Crippen LogP contribution in [0.3, 0.4) is 0 Å². The van der Waals surface area contributed by atoms with Gasteiger partial charge in [0.25, 0.3) is 5.91 Å². The number of benzene rings is 1. The topological polar surface area (TPSA) is 81.1 Å². The molecule has 0 saturated carbocycles. The molecule has 0 radical (unpaired) electrons. The average molecular weight is 337 g/mol. The lowest BCUT2D eigenvalue weighted by Gasteiger charge is -2.08. The predicted molar refractivity (Wildman–Crippen MR) is 82.6 cm³/mol. The van der Waals surface area contributed by atoms with E-state index in [2.05, 4.69) is 10.4 Å². The van der Waals surface area contributed by atoms with Crippen LogP contribution in [0.1, 0.15) is 16.9 Å². The van der Waals surface area contributed by atoms with Gasteiger partial charge in [-0.15, -0.1) is 0 Å². The quantitative estimate of drug-likeness (QED) is 0.908. The molecule has 2 heterocycles. The van der Waals surface area contributed by atoms with Crippen molar-refractivity contribution in [2.24, 2.45) is 5.92 Å². The Morgan fingerprint density at radius 1 is 1.30 bits per heavy atom. The van der Waals surface area contributed by atoms with Crippen LogP contribution in [0.2, 0.25) is 0 Å². The van der Waals surface area contributed by atoms with Gasteiger partial charge in [0.1, 0.15) is 5.82 Å². The second-order valence-corrected chi connectivity index (χ2v) is 7.83. The minimum Gasteiger partial charge on any atom is -0.350 e. The zero-order chi connectivity index (χ0) is 16.4. The van der Waals surface area contributed by atoms with Crippen molar-refractivity contribution in [2.45, 2.75) is 6.42 Å². The molecule has 1 aliphatic heterocycles. The lowest BCUT2D eigenvalue weighted by atomic mass is 10.1. The second-order valence-electron chi connectivity index (χ2n) is 5.60. The minimum atomic E-state index is -2.95. The highest BCUT2D eigenvalue weighted by atomic mass is 32.2. The van der Waals surface area contributed by atoms with Crippen LogP contribution in [-0.2, 0) is 9.84 Å². The normalized spacial score (nSPS) is 19.6. The summed E-state index contributed by atoms with van der Waals surface area (Å²) in [6.45, 7) is 0.321. The zero-order valence-electron chi connectivity index (χ0n) is 12.3. The van der Waals surface area contributed by atoms with Gasteiger partial charge in [-0.1, -0.05) is 0 Å². The molecule has 1 atom stereocenters. The Balaban J connectivity index is 1.61. The number of nitrogens with zero attached hydrogens (tertiary/aromatic N) is 2. The number of sulfone groups is 1. The molecule has 3 rings (SSSR count). The van der Waals surface area contributed by atoms with Gasteiger partial charge in [0.2, 0.25) is 0 Å². The molecule has 0 aliphatic carbocycles. The maximum Gasteiger partial charge on any atom is 0.271 e. The number of hydrogen-bond donors (Lipinski definition) is 1. The van der Waals surface area contributed by atoms with E-state index in [0.29, 0.717) is 18.7 Å². The van der Waals surface area contributed by atoms with E-state index in [4.69, 9.17) is 0 Å². The monoisotopic (exact) mass is 337 g/mol. The van der Waals surface area contributed by atoms with Gasteiger partial charge < -0.3 is 5.32 Å². The fraction of sp³-hybridized carbons (Fsp3) is 0.333. The molecule has 0 unspecified atom stereocenters. The first-order valence-corrected chi connectivity index (χ1v) is 9.05. The van der Waals surface area contributed by atoms with E-state index in [1.54, 1.807) is 24.4 Å². The lowest BCUT2D eigenvalue weighted by Crippen LogP contribution is -2.30. The fourth-order valence-electron chi connectivity index (χ4n) is 2.54. The molecule has 1 aromatic heterocycles. The first kappa shape index (κ1) is 15.7. The molecule has 0 spiro atoms. The number of hydrogen-bond acceptors (Lipinski definition) is 4. The molecule has 1 fully saturated rings. The SMILES string of the molecule is O=C(NC[C@H]1CCS(=O)(=O)C1)c1ccn(-c2ccc(F)cc2)n1. The van der Waals surface area contributed by atoms with E-state index in [-0.39, 0.29) is 34.8 Å². The van der Waals surface area contributed by atoms with Gasteiger partial charge in [-0.05, 0) is 42.7 Å². The van der Waals surface area contributed by atoms with Gasteiger partial charge >= 0.3 is 0 Å². The van der Waals surface area contributed by atoms with Crippen molar-refractivity contribution < 1.29 is 17.6 Å². The third-order valence-electron chi connectivity index (χ3n) is 3.79. The Kier molecular flexibility index (Phi) is 4.16. The Labute approximate surface area is 133 Å². The van der Waals surface area contributed by atoms with Gasteiger partial charge in [-0.2, -0.15) is 5.10 Å². The van der Waals surface area contributed by atoms with E-state index in [0.717, 1.165) is 0 Å². The van der Waals surface area contributed by atoms with E-state index in [1.807, 2.05) is 0 Å². The smallest absolute Gasteiger partial charge is 0.271 e. The minimum absolute atomic E-state index is 0.0388. The number of carbonyl (C=O) groups is 1. The molecule has 1 aliphatic rings. The summed E-state index contributed by atoms with van der Waals surface area (Å²) >= 11 is 0. The van der Waals surface area contributed by atoms with Crippen molar-refractivity contribution in [3.63, 3.8) is 0 Å². The van der Waals surface area contributed by atoms with Crippen LogP contribution in [0.4, 0.5) is 4.39 Å². The van der Waals surface area contributed by atoms with Crippen LogP contribution in [-0.4, -0.2) is 42.2 Å². The maximum absolute atomic E-state index is 12.9. The molecule has 122 valence electrons. The molecule has 2 aromatic rings. The van der Waals surface area contributed by atoms with Gasteiger partial charge in [-0.3, -0.25) is 4.79 Å². The highest BCUT2D eigenvalue weighted by Gasteiger charge is 2.28. The number of amides is 1. The van der Waals surface area contributed by atoms with Crippen LogP contribution < -0.4 is 5.32 Å². The second kappa shape index (κ2) is 6.11. The van der Waals surface area contributed by atoms with Gasteiger partial charge in [-0.25, -0.2) is 17.5 Å². The highest BCUT2D eigenvalue weighted by Crippen LogP contribution is 2.17. The highest BCUT2D eigenvalue weighted by molar-refractivity contribution is 7.91. The van der Waals surface area contributed by atoms with Crippen molar-refractivity contribution in [1.82, 2.24) is 15.1 Å². The Morgan fingerprint density at radius 3 is 2.70 bits per heavy atom. The van der Waals surface area contributed by atoms with Crippen LogP contribution >= 0.6 is 0 Å². The molecular formula is C15H16FN3O3S. The molecule has 0 bridgehead atoms. The summed E-state index contributed by atoms with van der Waals surface area (Å²) in [7, 11) is -2.95. The number of carbonyl (C=O) groups excluding carboxylic acids is 1. The van der Waals surface area contributed by atoms with Crippen LogP contribution in [0.15, 0.2) is 36.5 Å². The van der Waals surface area contributed by atoms with Crippen molar-refractivity contribution in [2.75, 3.05) is 18.1 Å². The molecule has 1 N–H and O–H groups in total. The lowest BCUT2D eigenvalue weighted by molar-refractivity contribution is 0.0943. The summed E-state index contributed by atoms with van der Waals surface area (Å²) in [5, 5.41) is 6.86. The molecule has 1 saturated heterocycles. The summed E-state index contributed by atoms with van der Waals surface area (Å²) < 4.78 is 37.2. The van der Waals surface area contributed by atoms with E-state index >= 15 is 0 Å². The van der Waals surface area contributed by atoms with Crippen LogP contribution in [0.5, 0.6) is 0 Å². The standard InChI is InChI=1S/C15H16FN3O3S/c16-12-1-3-13(4-2-12)19-7-5-14(18-19)15(20)17-9-11-6-8-23(21,22)10-11/h1-5,7,11H,6,8-10H2,(H,17,20)/t11-/m1/s1. The molecular weight excluding hydrogens is 321 g/mol. The summed E-state index contributed by atoms with van der Waals surface area (Å²) in [6, 6.07) is 7.32. The van der Waals surface area contributed by atoms with Crippen molar-refractivity contribution in [1.29, 1.82) is 0 Å². The van der Waals surface area contributed by atoms with Gasteiger partial charge in [0.05, 0.1) is 17.2 Å². The van der Waals surface area contributed by atoms with Crippen LogP contribution in [0, 0.1) is 11.7 Å². The number of aromatic nitrogens is 2. The largest absolute Gasteiger partial charge is 0.350 e. The Morgan fingerprint density at radius 2 is 2.04 bits per heavy atom. The summed E-state index contributed by atoms with van der Waals surface area (Å²) in [5.41, 5.74) is 0.877. The fourth-order valence-corrected chi connectivity index (χ4v) is 4.41. The third-order valence-corrected chi connectivity index (χ3v) is 5.63. The van der Waals surface area contributed by atoms with Gasteiger partial charge in [0, 0.05) is 12.7 Å². The first-order chi connectivity index (χ1) is 10.9. The predicted octanol–water partition coefficient (Wildman–Crippen LogP) is 1.18. The van der Waals surface area contributed by atoms with Crippen molar-refractivity contribution in [3.05, 3.63) is 48.0 Å². The van der Waals surface area contributed by atoms with Crippen molar-refractivity contribution in [3.8, 4) is 5.69 Å². The Hall–Kier alpha value is -2.22. The molecule has 6 nitrogen and oxygen atoms in total. The number of nitrogens with one attached hydrogen (secondary N) is 1. The molecule has 8 heteroatoms. The van der Waals surface area contributed by atoms with Crippen molar-refractivity contribution >= 4 is 15.7 Å². The molecule has 1 amide bonds. The number of halogens is 1. The summed E-state index contributed by atoms with van der Waals surface area (Å²) in [6.07, 6.45) is 2.19. The van der Waals surface area contributed by atoms with Gasteiger partial charge in [0.15, 0.2) is 15.5 Å². The number of rotatable bonds is 4. The average Bonchev–Trinajstić information content (AvgIpc) is 3.12. The zero-order valence-corrected chi connectivity index (χ0v) is 13.1. The first-order valence-electron chi connectivity index (χ1n) is 7.23. The van der Waals surface area contributed by atoms with E-state index in [1.165, 1.54) is 16.8 Å². The summed E-state index contributed by atoms with van der Waals surface area (Å²) in [4.78, 5) is 12.1. The maximum atomic E-state index is 12.9. The van der Waals surface area contributed by atoms with Crippen LogP contribution in [0.25, 0.3) is 5.69 Å². The van der Waals surface area contributed by atoms with E-state index < -0.39 is 9.84 Å². The Bertz CT molecular complexity index is 815. The third kappa shape index (κ3) is 3.76. The van der Waals surface area contributed by atoms with E-state index in [9.17, 15) is 17.6 Å². The molecule has 23 heavy (non-hydrogen) atoms. The molecule has 1 aromatic carbocycles.